The van der Waals surface area contributed by atoms with Crippen molar-refractivity contribution in [3.63, 3.8) is 0 Å². The van der Waals surface area contributed by atoms with E-state index in [1.165, 1.54) is 17.5 Å². The third-order valence-corrected chi connectivity index (χ3v) is 3.48. The number of nitrogens with two attached hydrogens (primary N) is 1. The summed E-state index contributed by atoms with van der Waals surface area (Å²) in [7, 11) is 0. The van der Waals surface area contributed by atoms with Crippen molar-refractivity contribution in [2.75, 3.05) is 0 Å². The molecule has 0 spiro atoms. The average molecular weight is 286 g/mol. The zero-order chi connectivity index (χ0) is 13.1. The van der Waals surface area contributed by atoms with E-state index in [2.05, 4.69) is 10.2 Å². The van der Waals surface area contributed by atoms with Gasteiger partial charge in [-0.05, 0) is 19.8 Å². The number of hydrogen-bond acceptors (Lipinski definition) is 3. The molecule has 0 aromatic carbocycles. The van der Waals surface area contributed by atoms with Gasteiger partial charge in [-0.3, -0.25) is 20.2 Å². The Morgan fingerprint density at radius 3 is 2.58 bits per heavy atom. The van der Waals surface area contributed by atoms with Crippen molar-refractivity contribution in [2.24, 2.45) is 5.73 Å². The number of nitrogens with one attached hydrogen (secondary N) is 2. The van der Waals surface area contributed by atoms with Crippen LogP contribution in [0, 0.1) is 12.3 Å². The first kappa shape index (κ1) is 15.5. The lowest BCUT2D eigenvalue weighted by molar-refractivity contribution is 0.0772. The SMILES string of the molecule is Cc1[nH]ncc1C(=O)N(C(=N)N)C1CCCCC1.Cl. The molecule has 19 heavy (non-hydrogen) atoms. The van der Waals surface area contributed by atoms with Crippen LogP contribution in [-0.2, 0) is 0 Å². The Hall–Kier alpha value is -1.56. The summed E-state index contributed by atoms with van der Waals surface area (Å²) in [6, 6.07) is 0.0537. The summed E-state index contributed by atoms with van der Waals surface area (Å²) in [6.45, 7) is 1.79. The summed E-state index contributed by atoms with van der Waals surface area (Å²) >= 11 is 0. The van der Waals surface area contributed by atoms with E-state index in [0.29, 0.717) is 11.3 Å². The highest BCUT2D eigenvalue weighted by Gasteiger charge is 2.29. The van der Waals surface area contributed by atoms with E-state index in [1.54, 1.807) is 6.92 Å². The molecular formula is C12H20ClN5O. The second kappa shape index (κ2) is 6.56. The molecule has 1 heterocycles. The standard InChI is InChI=1S/C12H19N5O.ClH/c1-8-10(7-15-16-8)11(18)17(12(13)14)9-5-3-2-4-6-9;/h7,9H,2-6H2,1H3,(H3,13,14)(H,15,16);1H. The molecule has 0 unspecified atom stereocenters. The van der Waals surface area contributed by atoms with Gasteiger partial charge in [-0.15, -0.1) is 12.4 Å². The molecule has 0 saturated heterocycles. The van der Waals surface area contributed by atoms with Gasteiger partial charge in [0.05, 0.1) is 11.8 Å². The van der Waals surface area contributed by atoms with E-state index in [-0.39, 0.29) is 30.3 Å². The van der Waals surface area contributed by atoms with Gasteiger partial charge < -0.3 is 5.73 Å². The molecular weight excluding hydrogens is 266 g/mol. The molecule has 1 aliphatic rings. The molecule has 4 N–H and O–H groups in total. The van der Waals surface area contributed by atoms with Crippen LogP contribution < -0.4 is 5.73 Å². The Bertz CT molecular complexity index is 453. The lowest BCUT2D eigenvalue weighted by Gasteiger charge is -2.32. The summed E-state index contributed by atoms with van der Waals surface area (Å²) in [6.07, 6.45) is 6.71. The topological polar surface area (TPSA) is 98.9 Å². The summed E-state index contributed by atoms with van der Waals surface area (Å²) in [5.74, 6) is -0.395. The van der Waals surface area contributed by atoms with E-state index in [1.807, 2.05) is 0 Å². The third-order valence-electron chi connectivity index (χ3n) is 3.48. The zero-order valence-corrected chi connectivity index (χ0v) is 11.8. The minimum atomic E-state index is -0.222. The van der Waals surface area contributed by atoms with Gasteiger partial charge in [0.1, 0.15) is 0 Å². The van der Waals surface area contributed by atoms with E-state index < -0.39 is 0 Å². The van der Waals surface area contributed by atoms with Gasteiger partial charge in [0.2, 0.25) is 0 Å². The molecule has 106 valence electrons. The Balaban J connectivity index is 0.00000180. The predicted octanol–water partition coefficient (Wildman–Crippen LogP) is 1.81. The van der Waals surface area contributed by atoms with E-state index in [4.69, 9.17) is 11.1 Å². The number of amides is 1. The van der Waals surface area contributed by atoms with Crippen LogP contribution in [0.2, 0.25) is 0 Å². The van der Waals surface area contributed by atoms with Crippen molar-refractivity contribution in [1.82, 2.24) is 15.1 Å². The molecule has 6 nitrogen and oxygen atoms in total. The molecule has 0 aliphatic heterocycles. The van der Waals surface area contributed by atoms with Crippen LogP contribution in [-0.4, -0.2) is 33.0 Å². The molecule has 0 bridgehead atoms. The van der Waals surface area contributed by atoms with Crippen molar-refractivity contribution in [1.29, 1.82) is 5.41 Å². The largest absolute Gasteiger partial charge is 0.370 e. The maximum Gasteiger partial charge on any atom is 0.264 e. The van der Waals surface area contributed by atoms with Crippen LogP contribution in [0.5, 0.6) is 0 Å². The van der Waals surface area contributed by atoms with E-state index in [9.17, 15) is 4.79 Å². The smallest absolute Gasteiger partial charge is 0.264 e. The quantitative estimate of drug-likeness (QED) is 0.571. The van der Waals surface area contributed by atoms with Gasteiger partial charge in [0.25, 0.3) is 5.91 Å². The van der Waals surface area contributed by atoms with Gasteiger partial charge in [0, 0.05) is 11.7 Å². The van der Waals surface area contributed by atoms with Crippen molar-refractivity contribution < 1.29 is 4.79 Å². The van der Waals surface area contributed by atoms with Crippen LogP contribution in [0.1, 0.15) is 48.2 Å². The number of hydrogen-bond donors (Lipinski definition) is 3. The number of guanidine groups is 1. The van der Waals surface area contributed by atoms with Crippen molar-refractivity contribution in [3.8, 4) is 0 Å². The number of H-pyrrole nitrogens is 1. The molecule has 1 saturated carbocycles. The second-order valence-corrected chi connectivity index (χ2v) is 4.76. The van der Waals surface area contributed by atoms with Crippen molar-refractivity contribution in [2.45, 2.75) is 45.1 Å². The highest BCUT2D eigenvalue weighted by atomic mass is 35.5. The summed E-state index contributed by atoms with van der Waals surface area (Å²) in [4.78, 5) is 13.8. The second-order valence-electron chi connectivity index (χ2n) is 4.76. The fourth-order valence-electron chi connectivity index (χ4n) is 2.51. The lowest BCUT2D eigenvalue weighted by Crippen LogP contribution is -2.48. The molecule has 2 rings (SSSR count). The van der Waals surface area contributed by atoms with Crippen LogP contribution in [0.4, 0.5) is 0 Å². The first-order valence-electron chi connectivity index (χ1n) is 6.29. The first-order chi connectivity index (χ1) is 8.61. The maximum atomic E-state index is 12.4. The molecule has 1 aromatic heterocycles. The molecule has 1 aromatic rings. The minimum Gasteiger partial charge on any atom is -0.370 e. The van der Waals surface area contributed by atoms with Crippen LogP contribution in [0.15, 0.2) is 6.20 Å². The highest BCUT2D eigenvalue weighted by Crippen LogP contribution is 2.24. The number of halogens is 1. The minimum absolute atomic E-state index is 0. The van der Waals surface area contributed by atoms with Crippen LogP contribution in [0.25, 0.3) is 0 Å². The number of carbonyl (C=O) groups excluding carboxylic acids is 1. The van der Waals surface area contributed by atoms with E-state index in [0.717, 1.165) is 25.7 Å². The molecule has 1 fully saturated rings. The average Bonchev–Trinajstić information content (AvgIpc) is 2.76. The fourth-order valence-corrected chi connectivity index (χ4v) is 2.51. The normalized spacial score (nSPS) is 15.6. The number of aromatic nitrogens is 2. The zero-order valence-electron chi connectivity index (χ0n) is 11.0. The third kappa shape index (κ3) is 3.26. The van der Waals surface area contributed by atoms with Crippen LogP contribution in [0.3, 0.4) is 0 Å². The Morgan fingerprint density at radius 1 is 1.47 bits per heavy atom. The molecule has 0 radical (unpaired) electrons. The Labute approximate surface area is 118 Å². The van der Waals surface area contributed by atoms with Crippen LogP contribution >= 0.6 is 12.4 Å². The van der Waals surface area contributed by atoms with Gasteiger partial charge in [-0.2, -0.15) is 5.10 Å². The number of rotatable bonds is 2. The monoisotopic (exact) mass is 285 g/mol. The molecule has 1 aliphatic carbocycles. The number of aromatic amines is 1. The van der Waals surface area contributed by atoms with Crippen molar-refractivity contribution in [3.05, 3.63) is 17.5 Å². The highest BCUT2D eigenvalue weighted by molar-refractivity contribution is 6.05. The summed E-state index contributed by atoms with van der Waals surface area (Å²) < 4.78 is 0. The van der Waals surface area contributed by atoms with E-state index >= 15 is 0 Å². The van der Waals surface area contributed by atoms with Crippen molar-refractivity contribution >= 4 is 24.3 Å². The lowest BCUT2D eigenvalue weighted by atomic mass is 9.94. The fraction of sp³-hybridized carbons (Fsp3) is 0.583. The Morgan fingerprint density at radius 2 is 2.11 bits per heavy atom. The summed E-state index contributed by atoms with van der Waals surface area (Å²) in [5, 5.41) is 14.2. The number of aryl methyl sites for hydroxylation is 1. The Kier molecular flexibility index (Phi) is 5.35. The summed E-state index contributed by atoms with van der Waals surface area (Å²) in [5.41, 5.74) is 6.79. The maximum absolute atomic E-state index is 12.4. The molecule has 0 atom stereocenters. The van der Waals surface area contributed by atoms with Gasteiger partial charge >= 0.3 is 0 Å². The van der Waals surface area contributed by atoms with Gasteiger partial charge in [-0.25, -0.2) is 0 Å². The van der Waals surface area contributed by atoms with Gasteiger partial charge in [-0.1, -0.05) is 19.3 Å². The predicted molar refractivity (Wildman–Crippen MR) is 75.5 cm³/mol. The molecule has 7 heteroatoms. The van der Waals surface area contributed by atoms with Gasteiger partial charge in [0.15, 0.2) is 5.96 Å². The first-order valence-corrected chi connectivity index (χ1v) is 6.29. The number of nitrogens with zero attached hydrogens (tertiary/aromatic N) is 2. The number of carbonyl (C=O) groups is 1. The molecule has 1 amide bonds.